The van der Waals surface area contributed by atoms with Gasteiger partial charge in [0.25, 0.3) is 0 Å². The van der Waals surface area contributed by atoms with Gasteiger partial charge in [0.1, 0.15) is 0 Å². The predicted molar refractivity (Wildman–Crippen MR) is 59.5 cm³/mol. The highest BCUT2D eigenvalue weighted by Gasteiger charge is 2.11. The normalized spacial score (nSPS) is 12.2. The van der Waals surface area contributed by atoms with Crippen molar-refractivity contribution in [2.45, 2.75) is 13.0 Å². The van der Waals surface area contributed by atoms with Crippen molar-refractivity contribution in [3.05, 3.63) is 33.8 Å². The van der Waals surface area contributed by atoms with E-state index in [0.717, 1.165) is 10.0 Å². The molecule has 13 heavy (non-hydrogen) atoms. The Morgan fingerprint density at radius 2 is 2.23 bits per heavy atom. The van der Waals surface area contributed by atoms with Gasteiger partial charge >= 0.3 is 0 Å². The fraction of sp³-hybridized carbons (Fsp3) is 0.273. The quantitative estimate of drug-likeness (QED) is 0.781. The molecule has 0 aromatic heterocycles. The van der Waals surface area contributed by atoms with Gasteiger partial charge in [0.15, 0.2) is 0 Å². The van der Waals surface area contributed by atoms with Crippen LogP contribution in [-0.2, 0) is 0 Å². The van der Waals surface area contributed by atoms with Crippen molar-refractivity contribution in [2.24, 2.45) is 0 Å². The van der Waals surface area contributed by atoms with Gasteiger partial charge in [-0.1, -0.05) is 34.0 Å². The van der Waals surface area contributed by atoms with E-state index in [1.807, 2.05) is 19.2 Å². The minimum Gasteiger partial charge on any atom is -0.303 e. The third kappa shape index (κ3) is 2.12. The van der Waals surface area contributed by atoms with Gasteiger partial charge in [-0.3, -0.25) is 0 Å². The van der Waals surface area contributed by atoms with Crippen molar-refractivity contribution >= 4 is 15.9 Å². The van der Waals surface area contributed by atoms with Crippen LogP contribution in [0.1, 0.15) is 17.2 Å². The monoisotopic (exact) mass is 237 g/mol. The second-order valence-electron chi connectivity index (χ2n) is 2.86. The highest BCUT2D eigenvalue weighted by Crippen LogP contribution is 2.25. The molecule has 0 amide bonds. The van der Waals surface area contributed by atoms with Gasteiger partial charge in [0, 0.05) is 4.47 Å². The molecular formula is C11H12BrN. The summed E-state index contributed by atoms with van der Waals surface area (Å²) in [5.41, 5.74) is 2.35. The Morgan fingerprint density at radius 1 is 1.54 bits per heavy atom. The number of nitrogens with one attached hydrogen (secondary N) is 1. The van der Waals surface area contributed by atoms with Gasteiger partial charge in [-0.25, -0.2) is 0 Å². The minimum atomic E-state index is -0.0180. The standard InChI is InChI=1S/C11H12BrN/c1-4-10(13-3)11-8(2)6-5-7-9(11)12/h1,5-7,10,13H,2-3H3. The number of halogens is 1. The van der Waals surface area contributed by atoms with E-state index in [4.69, 9.17) is 6.42 Å². The highest BCUT2D eigenvalue weighted by atomic mass is 79.9. The summed E-state index contributed by atoms with van der Waals surface area (Å²) in [6.45, 7) is 2.06. The number of benzene rings is 1. The zero-order chi connectivity index (χ0) is 9.84. The van der Waals surface area contributed by atoms with Crippen molar-refractivity contribution in [3.8, 4) is 12.3 Å². The summed E-state index contributed by atoms with van der Waals surface area (Å²) in [4.78, 5) is 0. The van der Waals surface area contributed by atoms with E-state index in [2.05, 4.69) is 40.2 Å². The summed E-state index contributed by atoms with van der Waals surface area (Å²) in [6, 6.07) is 6.05. The summed E-state index contributed by atoms with van der Waals surface area (Å²) in [5, 5.41) is 3.08. The molecule has 0 radical (unpaired) electrons. The van der Waals surface area contributed by atoms with Gasteiger partial charge in [0.05, 0.1) is 6.04 Å². The smallest absolute Gasteiger partial charge is 0.0954 e. The minimum absolute atomic E-state index is 0.0180. The molecule has 0 spiro atoms. The Labute approximate surface area is 87.7 Å². The molecular weight excluding hydrogens is 226 g/mol. The molecule has 0 saturated carbocycles. The lowest BCUT2D eigenvalue weighted by Gasteiger charge is -2.14. The summed E-state index contributed by atoms with van der Waals surface area (Å²) in [6.07, 6.45) is 5.42. The molecule has 1 atom stereocenters. The van der Waals surface area contributed by atoms with Crippen LogP contribution in [0.4, 0.5) is 0 Å². The van der Waals surface area contributed by atoms with Crippen LogP contribution < -0.4 is 5.32 Å². The molecule has 0 fully saturated rings. The molecule has 1 aromatic rings. The topological polar surface area (TPSA) is 12.0 Å². The molecule has 0 aliphatic rings. The first-order chi connectivity index (χ1) is 6.20. The van der Waals surface area contributed by atoms with Gasteiger partial charge in [-0.2, -0.15) is 0 Å². The lowest BCUT2D eigenvalue weighted by molar-refractivity contribution is 0.728. The average Bonchev–Trinajstić information content (AvgIpc) is 2.11. The van der Waals surface area contributed by atoms with Crippen LogP contribution in [0.5, 0.6) is 0 Å². The average molecular weight is 238 g/mol. The Balaban J connectivity index is 3.20. The molecule has 68 valence electrons. The zero-order valence-corrected chi connectivity index (χ0v) is 9.35. The van der Waals surface area contributed by atoms with E-state index in [9.17, 15) is 0 Å². The second kappa shape index (κ2) is 4.45. The van der Waals surface area contributed by atoms with Gasteiger partial charge in [-0.15, -0.1) is 6.42 Å². The molecule has 0 saturated heterocycles. The number of terminal acetylenes is 1. The second-order valence-corrected chi connectivity index (χ2v) is 3.71. The van der Waals surface area contributed by atoms with Gasteiger partial charge < -0.3 is 5.32 Å². The van der Waals surface area contributed by atoms with Crippen LogP contribution in [-0.4, -0.2) is 7.05 Å². The molecule has 0 bridgehead atoms. The Morgan fingerprint density at radius 3 is 2.69 bits per heavy atom. The highest BCUT2D eigenvalue weighted by molar-refractivity contribution is 9.10. The van der Waals surface area contributed by atoms with E-state index in [1.54, 1.807) is 0 Å². The van der Waals surface area contributed by atoms with Crippen LogP contribution >= 0.6 is 15.9 Å². The number of hydrogen-bond donors (Lipinski definition) is 1. The fourth-order valence-corrected chi connectivity index (χ4v) is 2.02. The van der Waals surface area contributed by atoms with Crippen molar-refractivity contribution in [1.82, 2.24) is 5.32 Å². The lowest BCUT2D eigenvalue weighted by atomic mass is 10.0. The number of rotatable bonds is 2. The van der Waals surface area contributed by atoms with Crippen molar-refractivity contribution in [3.63, 3.8) is 0 Å². The summed E-state index contributed by atoms with van der Waals surface area (Å²) in [7, 11) is 1.86. The Bertz CT molecular complexity index is 318. The van der Waals surface area contributed by atoms with Crippen LogP contribution in [0.15, 0.2) is 22.7 Å². The van der Waals surface area contributed by atoms with E-state index in [1.165, 1.54) is 5.56 Å². The Hall–Kier alpha value is -0.780. The third-order valence-corrected chi connectivity index (χ3v) is 2.71. The first kappa shape index (κ1) is 10.3. The van der Waals surface area contributed by atoms with Gasteiger partial charge in [-0.05, 0) is 31.2 Å². The Kier molecular flexibility index (Phi) is 3.53. The first-order valence-corrected chi connectivity index (χ1v) is 4.88. The van der Waals surface area contributed by atoms with Crippen LogP contribution in [0, 0.1) is 19.3 Å². The van der Waals surface area contributed by atoms with E-state index in [0.29, 0.717) is 0 Å². The maximum Gasteiger partial charge on any atom is 0.0954 e. The lowest BCUT2D eigenvalue weighted by Crippen LogP contribution is -2.15. The molecule has 0 heterocycles. The summed E-state index contributed by atoms with van der Waals surface area (Å²) < 4.78 is 1.06. The molecule has 1 rings (SSSR count). The molecule has 1 unspecified atom stereocenters. The fourth-order valence-electron chi connectivity index (χ4n) is 1.32. The SMILES string of the molecule is C#CC(NC)c1c(C)cccc1Br. The molecule has 2 heteroatoms. The van der Waals surface area contributed by atoms with E-state index >= 15 is 0 Å². The third-order valence-electron chi connectivity index (χ3n) is 2.01. The van der Waals surface area contributed by atoms with Crippen molar-refractivity contribution in [1.29, 1.82) is 0 Å². The van der Waals surface area contributed by atoms with Crippen molar-refractivity contribution in [2.75, 3.05) is 7.05 Å². The van der Waals surface area contributed by atoms with Gasteiger partial charge in [0.2, 0.25) is 0 Å². The molecule has 0 aliphatic carbocycles. The number of aryl methyl sites for hydroxylation is 1. The van der Waals surface area contributed by atoms with Crippen LogP contribution in [0.25, 0.3) is 0 Å². The maximum absolute atomic E-state index is 5.42. The van der Waals surface area contributed by atoms with E-state index < -0.39 is 0 Å². The van der Waals surface area contributed by atoms with Crippen LogP contribution in [0.2, 0.25) is 0 Å². The van der Waals surface area contributed by atoms with Crippen LogP contribution in [0.3, 0.4) is 0 Å². The molecule has 0 aliphatic heterocycles. The first-order valence-electron chi connectivity index (χ1n) is 4.09. The molecule has 1 aromatic carbocycles. The maximum atomic E-state index is 5.42. The molecule has 1 nitrogen and oxygen atoms in total. The summed E-state index contributed by atoms with van der Waals surface area (Å²) >= 11 is 3.49. The van der Waals surface area contributed by atoms with E-state index in [-0.39, 0.29) is 6.04 Å². The summed E-state index contributed by atoms with van der Waals surface area (Å²) in [5.74, 6) is 2.71. The molecule has 1 N–H and O–H groups in total. The predicted octanol–water partition coefficient (Wildman–Crippen LogP) is 2.65. The largest absolute Gasteiger partial charge is 0.303 e. The number of hydrogen-bond acceptors (Lipinski definition) is 1. The zero-order valence-electron chi connectivity index (χ0n) is 7.76. The van der Waals surface area contributed by atoms with Crippen molar-refractivity contribution < 1.29 is 0 Å².